The third-order valence-corrected chi connectivity index (χ3v) is 5.39. The molecule has 0 saturated heterocycles. The van der Waals surface area contributed by atoms with Crippen molar-refractivity contribution in [3.05, 3.63) is 47.5 Å². The van der Waals surface area contributed by atoms with Gasteiger partial charge >= 0.3 is 0 Å². The summed E-state index contributed by atoms with van der Waals surface area (Å²) < 4.78 is 5.25. The van der Waals surface area contributed by atoms with Crippen LogP contribution in [0.2, 0.25) is 5.02 Å². The molecular weight excluding hydrogens is 372 g/mol. The maximum absolute atomic E-state index is 12.6. The number of benzene rings is 2. The molecule has 136 valence electrons. The van der Waals surface area contributed by atoms with Gasteiger partial charge in [-0.2, -0.15) is 0 Å². The number of amides is 2. The fraction of sp³-hybridized carbons (Fsp3) is 0.263. The van der Waals surface area contributed by atoms with E-state index in [-0.39, 0.29) is 23.6 Å². The highest BCUT2D eigenvalue weighted by atomic mass is 35.5. The molecule has 0 radical (unpaired) electrons. The minimum Gasteiger partial charge on any atom is -0.495 e. The lowest BCUT2D eigenvalue weighted by Gasteiger charge is -2.22. The van der Waals surface area contributed by atoms with Crippen LogP contribution in [0.1, 0.15) is 13.3 Å². The minimum atomic E-state index is -0.312. The third kappa shape index (κ3) is 4.14. The van der Waals surface area contributed by atoms with E-state index in [0.29, 0.717) is 22.9 Å². The number of hydrogen-bond donors (Lipinski definition) is 1. The monoisotopic (exact) mass is 390 g/mol. The Bertz CT molecular complexity index is 843. The number of halogens is 1. The Balaban J connectivity index is 1.82. The standard InChI is InChI=1S/C19H19ClN2O3S/c1-12-9-19(24)22(15-5-3-4-6-17(15)26-12)11-18(23)21-14-10-13(20)7-8-16(14)25-2/h3-8,10,12H,9,11H2,1-2H3,(H,21,23). The first-order chi connectivity index (χ1) is 12.5. The molecule has 3 rings (SSSR count). The predicted octanol–water partition coefficient (Wildman–Crippen LogP) is 4.20. The third-order valence-electron chi connectivity index (χ3n) is 3.98. The van der Waals surface area contributed by atoms with Crippen molar-refractivity contribution in [3.63, 3.8) is 0 Å². The maximum Gasteiger partial charge on any atom is 0.244 e. The average Bonchev–Trinajstić information content (AvgIpc) is 2.71. The molecule has 0 fully saturated rings. The van der Waals surface area contributed by atoms with E-state index in [1.165, 1.54) is 12.0 Å². The summed E-state index contributed by atoms with van der Waals surface area (Å²) in [5.74, 6) is 0.131. The molecule has 26 heavy (non-hydrogen) atoms. The van der Waals surface area contributed by atoms with Crippen molar-refractivity contribution < 1.29 is 14.3 Å². The predicted molar refractivity (Wildman–Crippen MR) is 105 cm³/mol. The number of para-hydroxylation sites is 1. The highest BCUT2D eigenvalue weighted by molar-refractivity contribution is 8.00. The fourth-order valence-corrected chi connectivity index (χ4v) is 4.10. The van der Waals surface area contributed by atoms with Gasteiger partial charge in [-0.15, -0.1) is 11.8 Å². The lowest BCUT2D eigenvalue weighted by atomic mass is 10.2. The van der Waals surface area contributed by atoms with Crippen LogP contribution in [0.3, 0.4) is 0 Å². The lowest BCUT2D eigenvalue weighted by molar-refractivity contribution is -0.121. The Labute approximate surface area is 161 Å². The van der Waals surface area contributed by atoms with Gasteiger partial charge in [0.1, 0.15) is 12.3 Å². The van der Waals surface area contributed by atoms with Crippen molar-refractivity contribution >= 4 is 46.6 Å². The van der Waals surface area contributed by atoms with E-state index in [0.717, 1.165) is 10.6 Å². The van der Waals surface area contributed by atoms with Crippen LogP contribution in [0.15, 0.2) is 47.4 Å². The highest BCUT2D eigenvalue weighted by Crippen LogP contribution is 2.37. The normalized spacial score (nSPS) is 16.7. The molecule has 2 aromatic carbocycles. The van der Waals surface area contributed by atoms with Crippen molar-refractivity contribution in [1.82, 2.24) is 0 Å². The summed E-state index contributed by atoms with van der Waals surface area (Å²) in [5, 5.41) is 3.43. The van der Waals surface area contributed by atoms with Gasteiger partial charge in [0.2, 0.25) is 11.8 Å². The quantitative estimate of drug-likeness (QED) is 0.849. The molecule has 1 aliphatic rings. The topological polar surface area (TPSA) is 58.6 Å². The highest BCUT2D eigenvalue weighted by Gasteiger charge is 2.27. The van der Waals surface area contributed by atoms with Crippen LogP contribution < -0.4 is 15.0 Å². The van der Waals surface area contributed by atoms with Gasteiger partial charge in [0.15, 0.2) is 0 Å². The van der Waals surface area contributed by atoms with E-state index >= 15 is 0 Å². The molecule has 1 heterocycles. The van der Waals surface area contributed by atoms with Crippen LogP contribution in [0.5, 0.6) is 5.75 Å². The van der Waals surface area contributed by atoms with Crippen LogP contribution in [0, 0.1) is 0 Å². The van der Waals surface area contributed by atoms with Gasteiger partial charge in [0.25, 0.3) is 0 Å². The number of carbonyl (C=O) groups is 2. The molecule has 1 N–H and O–H groups in total. The van der Waals surface area contributed by atoms with Crippen LogP contribution in [0.4, 0.5) is 11.4 Å². The number of carbonyl (C=O) groups excluding carboxylic acids is 2. The Morgan fingerprint density at radius 2 is 2.12 bits per heavy atom. The number of ether oxygens (including phenoxy) is 1. The number of nitrogens with zero attached hydrogens (tertiary/aromatic N) is 1. The first kappa shape index (κ1) is 18.6. The molecule has 1 atom stereocenters. The Hall–Kier alpha value is -2.18. The summed E-state index contributed by atoms with van der Waals surface area (Å²) in [4.78, 5) is 27.8. The Morgan fingerprint density at radius 1 is 1.35 bits per heavy atom. The summed E-state index contributed by atoms with van der Waals surface area (Å²) in [6.45, 7) is 1.94. The van der Waals surface area contributed by atoms with E-state index in [1.54, 1.807) is 30.0 Å². The summed E-state index contributed by atoms with van der Waals surface area (Å²) in [5.41, 5.74) is 1.24. The average molecular weight is 391 g/mol. The molecule has 1 aliphatic heterocycles. The largest absolute Gasteiger partial charge is 0.495 e. The minimum absolute atomic E-state index is 0.0665. The van der Waals surface area contributed by atoms with Gasteiger partial charge in [-0.05, 0) is 30.3 Å². The summed E-state index contributed by atoms with van der Waals surface area (Å²) in [6.07, 6.45) is 0.382. The molecule has 0 bridgehead atoms. The van der Waals surface area contributed by atoms with Crippen molar-refractivity contribution in [1.29, 1.82) is 0 Å². The smallest absolute Gasteiger partial charge is 0.244 e. The number of hydrogen-bond acceptors (Lipinski definition) is 4. The van der Waals surface area contributed by atoms with E-state index in [4.69, 9.17) is 16.3 Å². The van der Waals surface area contributed by atoms with Crippen molar-refractivity contribution in [2.75, 3.05) is 23.9 Å². The molecule has 5 nitrogen and oxygen atoms in total. The second-order valence-electron chi connectivity index (χ2n) is 5.97. The molecule has 0 saturated carbocycles. The number of nitrogens with one attached hydrogen (secondary N) is 1. The second-order valence-corrected chi connectivity index (χ2v) is 7.89. The zero-order valence-electron chi connectivity index (χ0n) is 14.5. The van der Waals surface area contributed by atoms with E-state index < -0.39 is 0 Å². The molecular formula is C19H19ClN2O3S. The first-order valence-electron chi connectivity index (χ1n) is 8.17. The Kier molecular flexibility index (Phi) is 5.74. The van der Waals surface area contributed by atoms with Crippen LogP contribution in [-0.4, -0.2) is 30.7 Å². The summed E-state index contributed by atoms with van der Waals surface area (Å²) in [7, 11) is 1.52. The van der Waals surface area contributed by atoms with Crippen molar-refractivity contribution in [2.24, 2.45) is 0 Å². The maximum atomic E-state index is 12.6. The molecule has 1 unspecified atom stereocenters. The zero-order chi connectivity index (χ0) is 18.7. The van der Waals surface area contributed by atoms with E-state index in [2.05, 4.69) is 5.32 Å². The van der Waals surface area contributed by atoms with Gasteiger partial charge in [-0.1, -0.05) is 30.7 Å². The number of rotatable bonds is 4. The molecule has 0 aromatic heterocycles. The fourth-order valence-electron chi connectivity index (χ4n) is 2.81. The summed E-state index contributed by atoms with van der Waals surface area (Å²) in [6, 6.07) is 12.6. The molecule has 2 aromatic rings. The van der Waals surface area contributed by atoms with Gasteiger partial charge in [-0.3, -0.25) is 9.59 Å². The molecule has 2 amide bonds. The van der Waals surface area contributed by atoms with Gasteiger partial charge in [-0.25, -0.2) is 0 Å². The molecule has 7 heteroatoms. The summed E-state index contributed by atoms with van der Waals surface area (Å²) >= 11 is 7.65. The Morgan fingerprint density at radius 3 is 2.88 bits per heavy atom. The lowest BCUT2D eigenvalue weighted by Crippen LogP contribution is -2.38. The SMILES string of the molecule is COc1ccc(Cl)cc1NC(=O)CN1C(=O)CC(C)Sc2ccccc21. The number of anilines is 2. The van der Waals surface area contributed by atoms with Crippen molar-refractivity contribution in [3.8, 4) is 5.75 Å². The van der Waals surface area contributed by atoms with Crippen LogP contribution in [0.25, 0.3) is 0 Å². The first-order valence-corrected chi connectivity index (χ1v) is 9.43. The zero-order valence-corrected chi connectivity index (χ0v) is 16.1. The van der Waals surface area contributed by atoms with Gasteiger partial charge in [0.05, 0.1) is 18.5 Å². The van der Waals surface area contributed by atoms with E-state index in [1.807, 2.05) is 31.2 Å². The van der Waals surface area contributed by atoms with Gasteiger partial charge in [0, 0.05) is 21.6 Å². The van der Waals surface area contributed by atoms with Gasteiger partial charge < -0.3 is 15.0 Å². The second kappa shape index (κ2) is 8.01. The van der Waals surface area contributed by atoms with Crippen LogP contribution in [-0.2, 0) is 9.59 Å². The van der Waals surface area contributed by atoms with E-state index in [9.17, 15) is 9.59 Å². The molecule has 0 spiro atoms. The van der Waals surface area contributed by atoms with Crippen LogP contribution >= 0.6 is 23.4 Å². The number of methoxy groups -OCH3 is 1. The van der Waals surface area contributed by atoms with Crippen molar-refractivity contribution in [2.45, 2.75) is 23.5 Å². The number of thioether (sulfide) groups is 1. The number of fused-ring (bicyclic) bond motifs is 1. The molecule has 0 aliphatic carbocycles.